The Morgan fingerprint density at radius 1 is 1.31 bits per heavy atom. The van der Waals surface area contributed by atoms with Gasteiger partial charge in [-0.15, -0.1) is 0 Å². The number of amides is 1. The van der Waals surface area contributed by atoms with Gasteiger partial charge in [0.2, 0.25) is 0 Å². The highest BCUT2D eigenvalue weighted by Crippen LogP contribution is 2.25. The number of nitrogens with one attached hydrogen (secondary N) is 2. The van der Waals surface area contributed by atoms with Crippen molar-refractivity contribution in [2.75, 3.05) is 23.9 Å². The molecular formula is C18H21FN6O3S. The summed E-state index contributed by atoms with van der Waals surface area (Å²) in [5.74, 6) is -0.803. The zero-order valence-electron chi connectivity index (χ0n) is 16.2. The number of fused-ring (bicyclic) bond motifs is 1. The molecule has 11 heteroatoms. The lowest BCUT2D eigenvalue weighted by atomic mass is 10.2. The summed E-state index contributed by atoms with van der Waals surface area (Å²) < 4.78 is 38.1. The van der Waals surface area contributed by atoms with Crippen molar-refractivity contribution in [3.8, 4) is 11.3 Å². The van der Waals surface area contributed by atoms with E-state index in [-0.39, 0.29) is 29.5 Å². The van der Waals surface area contributed by atoms with Crippen LogP contribution < -0.4 is 10.6 Å². The number of halogens is 1. The molecule has 154 valence electrons. The second-order valence-corrected chi connectivity index (χ2v) is 9.12. The summed E-state index contributed by atoms with van der Waals surface area (Å²) in [7, 11) is -3.20. The van der Waals surface area contributed by atoms with E-state index in [1.54, 1.807) is 6.07 Å². The molecule has 0 radical (unpaired) electrons. The average Bonchev–Trinajstić information content (AvgIpc) is 3.05. The van der Waals surface area contributed by atoms with Crippen molar-refractivity contribution in [3.63, 3.8) is 0 Å². The summed E-state index contributed by atoms with van der Waals surface area (Å²) in [6.07, 6.45) is 5.04. The first-order valence-electron chi connectivity index (χ1n) is 8.87. The summed E-state index contributed by atoms with van der Waals surface area (Å²) in [6.45, 7) is 3.76. The van der Waals surface area contributed by atoms with Crippen molar-refractivity contribution in [1.82, 2.24) is 24.9 Å². The quantitative estimate of drug-likeness (QED) is 0.595. The summed E-state index contributed by atoms with van der Waals surface area (Å²) in [4.78, 5) is 20.6. The van der Waals surface area contributed by atoms with Crippen LogP contribution in [0, 0.1) is 5.82 Å². The van der Waals surface area contributed by atoms with Crippen LogP contribution in [-0.2, 0) is 9.84 Å². The fourth-order valence-electron chi connectivity index (χ4n) is 2.67. The summed E-state index contributed by atoms with van der Waals surface area (Å²) in [6, 6.07) is 3.08. The lowest BCUT2D eigenvalue weighted by Gasteiger charge is -2.15. The maximum atomic E-state index is 14.1. The monoisotopic (exact) mass is 420 g/mol. The second-order valence-electron chi connectivity index (χ2n) is 6.86. The molecule has 3 aromatic heterocycles. The van der Waals surface area contributed by atoms with Crippen molar-refractivity contribution >= 4 is 27.2 Å². The first kappa shape index (κ1) is 20.6. The Balaban J connectivity index is 2.02. The summed E-state index contributed by atoms with van der Waals surface area (Å²) in [5, 5.41) is 10.1. The first-order chi connectivity index (χ1) is 13.7. The normalized spacial score (nSPS) is 11.8. The van der Waals surface area contributed by atoms with E-state index in [2.05, 4.69) is 25.7 Å². The van der Waals surface area contributed by atoms with Crippen LogP contribution in [0.1, 0.15) is 24.2 Å². The highest BCUT2D eigenvalue weighted by atomic mass is 32.2. The van der Waals surface area contributed by atoms with Crippen molar-refractivity contribution < 1.29 is 17.6 Å². The third-order valence-electron chi connectivity index (χ3n) is 3.96. The molecule has 0 spiro atoms. The van der Waals surface area contributed by atoms with Crippen molar-refractivity contribution in [3.05, 3.63) is 42.1 Å². The number of pyridine rings is 1. The molecule has 0 fully saturated rings. The van der Waals surface area contributed by atoms with Crippen LogP contribution in [0.25, 0.3) is 16.9 Å². The molecule has 0 saturated heterocycles. The molecule has 3 rings (SSSR count). The zero-order chi connectivity index (χ0) is 21.2. The van der Waals surface area contributed by atoms with Gasteiger partial charge in [-0.2, -0.15) is 9.61 Å². The van der Waals surface area contributed by atoms with Crippen molar-refractivity contribution in [2.45, 2.75) is 19.9 Å². The Bertz CT molecular complexity index is 1160. The van der Waals surface area contributed by atoms with Crippen LogP contribution in [-0.4, -0.2) is 58.5 Å². The summed E-state index contributed by atoms with van der Waals surface area (Å²) in [5.41, 5.74) is 1.23. The Labute approximate surface area is 167 Å². The molecular weight excluding hydrogens is 399 g/mol. The molecule has 0 unspecified atom stereocenters. The molecule has 3 aromatic rings. The molecule has 9 nitrogen and oxygen atoms in total. The van der Waals surface area contributed by atoms with Gasteiger partial charge >= 0.3 is 0 Å². The minimum atomic E-state index is -3.20. The summed E-state index contributed by atoms with van der Waals surface area (Å²) >= 11 is 0. The highest BCUT2D eigenvalue weighted by Gasteiger charge is 2.19. The number of carbonyl (C=O) groups excluding carboxylic acids is 1. The van der Waals surface area contributed by atoms with Gasteiger partial charge in [0.1, 0.15) is 21.2 Å². The number of hydrogen-bond donors (Lipinski definition) is 2. The number of hydrogen-bond acceptors (Lipinski definition) is 7. The van der Waals surface area contributed by atoms with Gasteiger partial charge in [0.15, 0.2) is 11.5 Å². The largest absolute Gasteiger partial charge is 0.367 e. The minimum absolute atomic E-state index is 0.0244. The van der Waals surface area contributed by atoms with Gasteiger partial charge in [-0.25, -0.2) is 17.8 Å². The van der Waals surface area contributed by atoms with Crippen LogP contribution in [0.4, 0.5) is 10.2 Å². The molecule has 0 saturated carbocycles. The fraction of sp³-hybridized carbons (Fsp3) is 0.333. The molecule has 0 atom stereocenters. The zero-order valence-corrected chi connectivity index (χ0v) is 17.0. The predicted octanol–water partition coefficient (Wildman–Crippen LogP) is 1.53. The molecule has 0 aliphatic heterocycles. The first-order valence-corrected chi connectivity index (χ1v) is 10.9. The number of aromatic nitrogens is 4. The predicted molar refractivity (Wildman–Crippen MR) is 107 cm³/mol. The van der Waals surface area contributed by atoms with Gasteiger partial charge < -0.3 is 10.6 Å². The Kier molecular flexibility index (Phi) is 5.78. The number of sulfone groups is 1. The molecule has 2 N–H and O–H groups in total. The highest BCUT2D eigenvalue weighted by molar-refractivity contribution is 7.90. The average molecular weight is 420 g/mol. The number of rotatable bonds is 7. The number of anilines is 1. The maximum Gasteiger partial charge on any atom is 0.256 e. The third kappa shape index (κ3) is 4.86. The van der Waals surface area contributed by atoms with Gasteiger partial charge in [0, 0.05) is 42.9 Å². The van der Waals surface area contributed by atoms with E-state index >= 15 is 0 Å². The lowest BCUT2D eigenvalue weighted by Crippen LogP contribution is -2.30. The van der Waals surface area contributed by atoms with E-state index in [1.165, 1.54) is 23.0 Å². The maximum absolute atomic E-state index is 14.1. The molecule has 29 heavy (non-hydrogen) atoms. The molecule has 0 aliphatic rings. The fourth-order valence-corrected chi connectivity index (χ4v) is 3.14. The van der Waals surface area contributed by atoms with Crippen LogP contribution in [0.15, 0.2) is 30.7 Å². The van der Waals surface area contributed by atoms with Crippen LogP contribution in [0.5, 0.6) is 0 Å². The van der Waals surface area contributed by atoms with E-state index in [1.807, 2.05) is 13.8 Å². The van der Waals surface area contributed by atoms with E-state index < -0.39 is 21.6 Å². The Hall–Kier alpha value is -3.08. The Morgan fingerprint density at radius 2 is 2.07 bits per heavy atom. The van der Waals surface area contributed by atoms with Crippen LogP contribution >= 0.6 is 0 Å². The van der Waals surface area contributed by atoms with Crippen molar-refractivity contribution in [1.29, 1.82) is 0 Å². The van der Waals surface area contributed by atoms with Gasteiger partial charge in [-0.1, -0.05) is 0 Å². The number of carbonyl (C=O) groups is 1. The van der Waals surface area contributed by atoms with Gasteiger partial charge in [0.05, 0.1) is 17.6 Å². The van der Waals surface area contributed by atoms with E-state index in [9.17, 15) is 17.6 Å². The lowest BCUT2D eigenvalue weighted by molar-refractivity contribution is 0.0956. The van der Waals surface area contributed by atoms with Gasteiger partial charge in [-0.3, -0.25) is 9.78 Å². The molecule has 3 heterocycles. The molecule has 0 aliphatic carbocycles. The molecule has 0 bridgehead atoms. The van der Waals surface area contributed by atoms with E-state index in [0.717, 1.165) is 12.5 Å². The number of nitrogens with zero attached hydrogens (tertiary/aromatic N) is 4. The van der Waals surface area contributed by atoms with Crippen LogP contribution in [0.3, 0.4) is 0 Å². The molecule has 1 amide bonds. The smallest absolute Gasteiger partial charge is 0.256 e. The van der Waals surface area contributed by atoms with Gasteiger partial charge in [-0.05, 0) is 19.9 Å². The second kappa shape index (κ2) is 8.11. The topological polar surface area (TPSA) is 118 Å². The van der Waals surface area contributed by atoms with Gasteiger partial charge in [0.25, 0.3) is 5.91 Å². The SMILES string of the molecule is CC(C)Nc1c(C(=O)NCCS(C)(=O)=O)cnc2cc(-c3ccncc3F)nn12. The van der Waals surface area contributed by atoms with E-state index in [4.69, 9.17) is 0 Å². The Morgan fingerprint density at radius 3 is 2.72 bits per heavy atom. The third-order valence-corrected chi connectivity index (χ3v) is 4.91. The standard InChI is InChI=1S/C18H21FN6O3S/c1-11(2)23-17-13(18(26)21-6-7-29(3,27)28)9-22-16-8-15(24-25(16)17)12-4-5-20-10-14(12)19/h4-5,8-11,23H,6-7H2,1-3H3,(H,21,26). The minimum Gasteiger partial charge on any atom is -0.367 e. The van der Waals surface area contributed by atoms with E-state index in [0.29, 0.717) is 17.2 Å². The van der Waals surface area contributed by atoms with Crippen molar-refractivity contribution in [2.24, 2.45) is 0 Å². The van der Waals surface area contributed by atoms with Crippen LogP contribution in [0.2, 0.25) is 0 Å². The molecule has 0 aromatic carbocycles.